The summed E-state index contributed by atoms with van der Waals surface area (Å²) in [7, 11) is 0. The highest BCUT2D eigenvalue weighted by Crippen LogP contribution is 2.23. The van der Waals surface area contributed by atoms with Crippen molar-refractivity contribution in [2.75, 3.05) is 23.3 Å². The predicted molar refractivity (Wildman–Crippen MR) is 113 cm³/mol. The quantitative estimate of drug-likeness (QED) is 0.650. The highest BCUT2D eigenvalue weighted by Gasteiger charge is 2.21. The number of hydrogen-bond acceptors (Lipinski definition) is 2. The van der Waals surface area contributed by atoms with Crippen molar-refractivity contribution in [3.8, 4) is 0 Å². The third-order valence-electron chi connectivity index (χ3n) is 5.24. The highest BCUT2D eigenvalue weighted by molar-refractivity contribution is 6.01. The molecule has 0 heterocycles. The molecule has 1 fully saturated rings. The number of nitrogens with one attached hydrogen (secondary N) is 2. The average molecular weight is 397 g/mol. The Kier molecular flexibility index (Phi) is 7.61. The summed E-state index contributed by atoms with van der Waals surface area (Å²) < 4.78 is 13.3. The Morgan fingerprint density at radius 3 is 2.34 bits per heavy atom. The van der Waals surface area contributed by atoms with Crippen LogP contribution in [0.3, 0.4) is 0 Å². The van der Waals surface area contributed by atoms with Crippen molar-refractivity contribution in [3.63, 3.8) is 0 Å². The lowest BCUT2D eigenvalue weighted by Crippen LogP contribution is -2.38. The topological polar surface area (TPSA) is 61.4 Å². The second kappa shape index (κ2) is 10.6. The van der Waals surface area contributed by atoms with E-state index in [1.807, 2.05) is 30.3 Å². The first-order valence-electron chi connectivity index (χ1n) is 10.3. The smallest absolute Gasteiger partial charge is 0.326 e. The Bertz CT molecular complexity index is 790. The minimum absolute atomic E-state index is 0.117. The first kappa shape index (κ1) is 20.8. The van der Waals surface area contributed by atoms with E-state index in [1.165, 1.54) is 18.6 Å². The Hall–Kier alpha value is -2.89. The standard InChI is InChI=1S/C23H28FN3O2/c24-19-12-14-21(15-13-19)27(23(29)26-20-10-5-2-6-11-20)17-7-16-25-22(28)18-8-3-1-4-9-18/h2,5-6,10-15,18H,1,3-4,7-9,16-17H2,(H,25,28)(H,26,29). The first-order valence-corrected chi connectivity index (χ1v) is 10.3. The molecule has 0 aliphatic heterocycles. The number of benzene rings is 2. The van der Waals surface area contributed by atoms with Gasteiger partial charge >= 0.3 is 6.03 Å². The van der Waals surface area contributed by atoms with E-state index in [1.54, 1.807) is 17.0 Å². The van der Waals surface area contributed by atoms with E-state index in [-0.39, 0.29) is 23.7 Å². The molecule has 29 heavy (non-hydrogen) atoms. The highest BCUT2D eigenvalue weighted by atomic mass is 19.1. The van der Waals surface area contributed by atoms with E-state index in [2.05, 4.69) is 10.6 Å². The Morgan fingerprint density at radius 2 is 1.66 bits per heavy atom. The van der Waals surface area contributed by atoms with Gasteiger partial charge in [0.05, 0.1) is 0 Å². The number of carbonyl (C=O) groups is 2. The van der Waals surface area contributed by atoms with Crippen LogP contribution in [0.25, 0.3) is 0 Å². The minimum atomic E-state index is -0.350. The number of nitrogens with zero attached hydrogens (tertiary/aromatic N) is 1. The van der Waals surface area contributed by atoms with Gasteiger partial charge < -0.3 is 10.6 Å². The molecule has 3 rings (SSSR count). The molecule has 1 aliphatic carbocycles. The largest absolute Gasteiger partial charge is 0.356 e. The number of anilines is 2. The van der Waals surface area contributed by atoms with Crippen molar-refractivity contribution in [2.24, 2.45) is 5.92 Å². The zero-order chi connectivity index (χ0) is 20.5. The maximum Gasteiger partial charge on any atom is 0.326 e. The van der Waals surface area contributed by atoms with Crippen molar-refractivity contribution in [2.45, 2.75) is 38.5 Å². The van der Waals surface area contributed by atoms with Gasteiger partial charge in [0.15, 0.2) is 0 Å². The van der Waals surface area contributed by atoms with E-state index in [9.17, 15) is 14.0 Å². The number of para-hydroxylation sites is 1. The van der Waals surface area contributed by atoms with Gasteiger partial charge in [0.25, 0.3) is 0 Å². The molecule has 3 amide bonds. The third kappa shape index (κ3) is 6.31. The van der Waals surface area contributed by atoms with Crippen LogP contribution in [-0.2, 0) is 4.79 Å². The van der Waals surface area contributed by atoms with E-state index in [4.69, 9.17) is 0 Å². The van der Waals surface area contributed by atoms with Gasteiger partial charge in [-0.05, 0) is 55.7 Å². The molecule has 2 aromatic rings. The SMILES string of the molecule is O=C(NCCCN(C(=O)Nc1ccccc1)c1ccc(F)cc1)C1CCCCC1. The van der Waals surface area contributed by atoms with Crippen molar-refractivity contribution in [1.82, 2.24) is 5.32 Å². The summed E-state index contributed by atoms with van der Waals surface area (Å²) in [5.41, 5.74) is 1.30. The maximum atomic E-state index is 13.3. The second-order valence-corrected chi connectivity index (χ2v) is 7.40. The summed E-state index contributed by atoms with van der Waals surface area (Å²) in [6.45, 7) is 0.918. The minimum Gasteiger partial charge on any atom is -0.356 e. The molecule has 0 saturated heterocycles. The summed E-state index contributed by atoms with van der Waals surface area (Å²) in [6, 6.07) is 14.7. The van der Waals surface area contributed by atoms with Crippen molar-refractivity contribution in [3.05, 3.63) is 60.4 Å². The van der Waals surface area contributed by atoms with Crippen LogP contribution in [0.2, 0.25) is 0 Å². The van der Waals surface area contributed by atoms with Gasteiger partial charge in [-0.15, -0.1) is 0 Å². The normalized spacial score (nSPS) is 14.2. The van der Waals surface area contributed by atoms with E-state index < -0.39 is 0 Å². The second-order valence-electron chi connectivity index (χ2n) is 7.40. The summed E-state index contributed by atoms with van der Waals surface area (Å²) in [5.74, 6) is -0.109. The molecule has 0 bridgehead atoms. The Labute approximate surface area is 171 Å². The van der Waals surface area contributed by atoms with Gasteiger partial charge in [-0.2, -0.15) is 0 Å². The summed E-state index contributed by atoms with van der Waals surface area (Å²) in [5, 5.41) is 5.86. The van der Waals surface area contributed by atoms with E-state index >= 15 is 0 Å². The lowest BCUT2D eigenvalue weighted by molar-refractivity contribution is -0.125. The monoisotopic (exact) mass is 397 g/mol. The molecule has 2 aromatic carbocycles. The summed E-state index contributed by atoms with van der Waals surface area (Å²) in [6.07, 6.45) is 6.00. The lowest BCUT2D eigenvalue weighted by Gasteiger charge is -2.24. The van der Waals surface area contributed by atoms with Crippen LogP contribution >= 0.6 is 0 Å². The number of carbonyl (C=O) groups excluding carboxylic acids is 2. The van der Waals surface area contributed by atoms with Crippen LogP contribution in [0.4, 0.5) is 20.6 Å². The Balaban J connectivity index is 1.57. The first-order chi connectivity index (χ1) is 14.1. The molecular weight excluding hydrogens is 369 g/mol. The van der Waals surface area contributed by atoms with Gasteiger partial charge in [0, 0.05) is 30.4 Å². The van der Waals surface area contributed by atoms with Gasteiger partial charge in [-0.3, -0.25) is 9.69 Å². The van der Waals surface area contributed by atoms with Gasteiger partial charge in [-0.1, -0.05) is 37.5 Å². The molecule has 154 valence electrons. The van der Waals surface area contributed by atoms with E-state index in [0.717, 1.165) is 25.7 Å². The van der Waals surface area contributed by atoms with Gasteiger partial charge in [0.2, 0.25) is 5.91 Å². The zero-order valence-electron chi connectivity index (χ0n) is 16.6. The van der Waals surface area contributed by atoms with Gasteiger partial charge in [-0.25, -0.2) is 9.18 Å². The molecule has 0 spiro atoms. The molecular formula is C23H28FN3O2. The molecule has 0 radical (unpaired) electrons. The molecule has 0 unspecified atom stereocenters. The average Bonchev–Trinajstić information content (AvgIpc) is 2.76. The fourth-order valence-corrected chi connectivity index (χ4v) is 3.64. The fraction of sp³-hybridized carbons (Fsp3) is 0.391. The third-order valence-corrected chi connectivity index (χ3v) is 5.24. The molecule has 2 N–H and O–H groups in total. The molecule has 0 aromatic heterocycles. The Morgan fingerprint density at radius 1 is 0.966 bits per heavy atom. The van der Waals surface area contributed by atoms with Crippen LogP contribution in [0.15, 0.2) is 54.6 Å². The number of amides is 3. The molecule has 6 heteroatoms. The molecule has 0 atom stereocenters. The predicted octanol–water partition coefficient (Wildman–Crippen LogP) is 4.95. The van der Waals surface area contributed by atoms with E-state index in [0.29, 0.717) is 30.9 Å². The molecule has 1 saturated carbocycles. The number of halogens is 1. The lowest BCUT2D eigenvalue weighted by atomic mass is 9.89. The van der Waals surface area contributed by atoms with Crippen molar-refractivity contribution >= 4 is 23.3 Å². The molecule has 5 nitrogen and oxygen atoms in total. The van der Waals surface area contributed by atoms with Crippen LogP contribution in [-0.4, -0.2) is 25.0 Å². The summed E-state index contributed by atoms with van der Waals surface area (Å²) >= 11 is 0. The van der Waals surface area contributed by atoms with Crippen LogP contribution in [0.1, 0.15) is 38.5 Å². The van der Waals surface area contributed by atoms with Crippen molar-refractivity contribution in [1.29, 1.82) is 0 Å². The summed E-state index contributed by atoms with van der Waals surface area (Å²) in [4.78, 5) is 26.7. The van der Waals surface area contributed by atoms with Crippen LogP contribution < -0.4 is 15.5 Å². The number of hydrogen-bond donors (Lipinski definition) is 2. The zero-order valence-corrected chi connectivity index (χ0v) is 16.6. The van der Waals surface area contributed by atoms with Crippen molar-refractivity contribution < 1.29 is 14.0 Å². The fourth-order valence-electron chi connectivity index (χ4n) is 3.64. The van der Waals surface area contributed by atoms with Gasteiger partial charge in [0.1, 0.15) is 5.82 Å². The maximum absolute atomic E-state index is 13.3. The number of urea groups is 1. The number of rotatable bonds is 7. The van der Waals surface area contributed by atoms with Crippen LogP contribution in [0.5, 0.6) is 0 Å². The van der Waals surface area contributed by atoms with Crippen LogP contribution in [0, 0.1) is 11.7 Å². The molecule has 1 aliphatic rings.